The molecule has 9 aliphatic heterocycles. The Morgan fingerprint density at radius 1 is 0.393 bits per heavy atom. The summed E-state index contributed by atoms with van der Waals surface area (Å²) in [6, 6.07) is -1.64. The van der Waals surface area contributed by atoms with Crippen molar-refractivity contribution in [3.8, 4) is 0 Å². The summed E-state index contributed by atoms with van der Waals surface area (Å²) in [4.78, 5) is 13.0. The normalized spacial score (nSPS) is 49.3. The van der Waals surface area contributed by atoms with E-state index in [1.807, 2.05) is 0 Å². The van der Waals surface area contributed by atoms with Gasteiger partial charge in [-0.05, 0) is 13.3 Å². The van der Waals surface area contributed by atoms with Crippen molar-refractivity contribution in [1.82, 2.24) is 0 Å². The number of carboxylic acids is 1. The topological polar surface area (TPSA) is 796 Å². The maximum atomic E-state index is 13.0. The molecule has 9 heterocycles. The van der Waals surface area contributed by atoms with Gasteiger partial charge in [-0.15, -0.1) is 0 Å². The molecule has 9 rings (SSSR count). The highest BCUT2D eigenvalue weighted by atomic mass is 16.8. The van der Waals surface area contributed by atoms with Gasteiger partial charge < -0.3 is 239 Å². The van der Waals surface area contributed by atoms with E-state index < -0.39 is 390 Å². The predicted octanol–water partition coefficient (Wildman–Crippen LogP) is -17.5. The first-order valence-electron chi connectivity index (χ1n) is 38.5. The summed E-state index contributed by atoms with van der Waals surface area (Å²) in [5.41, 5.74) is 5.99. The summed E-state index contributed by atoms with van der Waals surface area (Å²) in [5, 5.41) is 320. The maximum Gasteiger partial charge on any atom is 0.364 e. The summed E-state index contributed by atoms with van der Waals surface area (Å²) in [5.74, 6) is -9.78. The van der Waals surface area contributed by atoms with Crippen LogP contribution in [0.1, 0.15) is 47.5 Å². The third kappa shape index (κ3) is 21.2. The Labute approximate surface area is 667 Å². The van der Waals surface area contributed by atoms with Crippen LogP contribution in [0.3, 0.4) is 0 Å². The van der Waals surface area contributed by atoms with Crippen molar-refractivity contribution in [2.24, 2.45) is 29.4 Å². The smallest absolute Gasteiger partial charge is 0.364 e. The molecule has 117 heavy (non-hydrogen) atoms. The largest absolute Gasteiger partial charge is 0.477 e. The highest BCUT2D eigenvalue weighted by Gasteiger charge is 2.62. The van der Waals surface area contributed by atoms with E-state index in [9.17, 15) is 153 Å². The first-order chi connectivity index (χ1) is 55.3. The van der Waals surface area contributed by atoms with Crippen LogP contribution >= 0.6 is 0 Å². The van der Waals surface area contributed by atoms with E-state index in [-0.39, 0.29) is 0 Å². The Kier molecular flexibility index (Phi) is 35.9. The van der Waals surface area contributed by atoms with E-state index in [1.165, 1.54) is 20.8 Å². The second-order valence-corrected chi connectivity index (χ2v) is 31.1. The molecule has 0 radical (unpaired) electrons. The second-order valence-electron chi connectivity index (χ2n) is 31.1. The van der Waals surface area contributed by atoms with E-state index >= 15 is 0 Å². The number of nitrogens with two attached hydrogens (primary N) is 1. The Hall–Kier alpha value is -2.41. The Morgan fingerprint density at radius 3 is 1.23 bits per heavy atom. The molecule has 0 aromatic carbocycles. The number of aliphatic hydroxyl groups excluding tert-OH is 28. The summed E-state index contributed by atoms with van der Waals surface area (Å²) in [6.07, 6.45) is -86.4. The molecule has 9 aliphatic rings. The lowest BCUT2D eigenvalue weighted by atomic mass is 9.88. The van der Waals surface area contributed by atoms with Crippen molar-refractivity contribution in [2.75, 3.05) is 66.1 Å². The zero-order valence-electron chi connectivity index (χ0n) is 64.1. The van der Waals surface area contributed by atoms with Crippen molar-refractivity contribution in [3.05, 3.63) is 0 Å². The van der Waals surface area contributed by atoms with Crippen molar-refractivity contribution < 1.29 is 238 Å². The molecule has 49 heteroatoms. The number of hydrogen-bond acceptors (Lipinski definition) is 48. The van der Waals surface area contributed by atoms with Crippen LogP contribution < -0.4 is 5.73 Å². The number of aliphatic carboxylic acids is 1. The molecule has 0 aliphatic carbocycles. The Morgan fingerprint density at radius 2 is 0.769 bits per heavy atom. The van der Waals surface area contributed by atoms with Gasteiger partial charge in [0.15, 0.2) is 50.3 Å². The maximum absolute atomic E-state index is 13.0. The number of hydrogen-bond donors (Lipinski definition) is 30. The predicted molar refractivity (Wildman–Crippen MR) is 367 cm³/mol. The third-order valence-electron chi connectivity index (χ3n) is 23.3. The van der Waals surface area contributed by atoms with Gasteiger partial charge in [0.25, 0.3) is 5.79 Å². The van der Waals surface area contributed by atoms with Crippen LogP contribution in [0.5, 0.6) is 0 Å². The molecule has 49 nitrogen and oxygen atoms in total. The highest BCUT2D eigenvalue weighted by Crippen LogP contribution is 2.43. The van der Waals surface area contributed by atoms with Crippen LogP contribution in [-0.4, -0.2) is 502 Å². The van der Waals surface area contributed by atoms with Gasteiger partial charge in [-0.1, -0.05) is 27.7 Å². The molecule has 0 spiro atoms. The molecule has 9 fully saturated rings. The lowest BCUT2D eigenvalue weighted by Crippen LogP contribution is -2.70. The number of rotatable bonds is 35. The van der Waals surface area contributed by atoms with Crippen molar-refractivity contribution in [3.63, 3.8) is 0 Å². The minimum atomic E-state index is -3.14. The van der Waals surface area contributed by atoms with Crippen LogP contribution in [0.25, 0.3) is 0 Å². The quantitative estimate of drug-likeness (QED) is 0.0262. The van der Waals surface area contributed by atoms with Gasteiger partial charge in [-0.25, -0.2) is 4.79 Å². The van der Waals surface area contributed by atoms with Crippen LogP contribution in [0.2, 0.25) is 0 Å². The van der Waals surface area contributed by atoms with Gasteiger partial charge in [0.05, 0.1) is 115 Å². The average Bonchev–Trinajstić information content (AvgIpc) is 0.756. The van der Waals surface area contributed by atoms with Crippen molar-refractivity contribution >= 4 is 5.97 Å². The Balaban J connectivity index is 0.950. The van der Waals surface area contributed by atoms with E-state index in [1.54, 1.807) is 13.8 Å². The van der Waals surface area contributed by atoms with E-state index in [0.29, 0.717) is 0 Å². The van der Waals surface area contributed by atoms with Gasteiger partial charge in [0.2, 0.25) is 0 Å². The monoisotopic (exact) mass is 1720 g/mol. The molecular weight excluding hydrogens is 1600 g/mol. The molecule has 19 unspecified atom stereocenters. The number of aliphatic hydroxyl groups is 28. The lowest BCUT2D eigenvalue weighted by molar-refractivity contribution is -0.391. The molecule has 9 saturated heterocycles. The zero-order chi connectivity index (χ0) is 86.6. The van der Waals surface area contributed by atoms with E-state index in [2.05, 4.69) is 0 Å². The fourth-order valence-electron chi connectivity index (χ4n) is 15.6. The first kappa shape index (κ1) is 98.4. The molecular formula is C68H119NO48. The Bertz CT molecular complexity index is 2970. The van der Waals surface area contributed by atoms with Crippen LogP contribution in [0.15, 0.2) is 0 Å². The van der Waals surface area contributed by atoms with Crippen molar-refractivity contribution in [2.45, 2.75) is 329 Å². The molecule has 0 bridgehead atoms. The fraction of sp³-hybridized carbons (Fsp3) is 0.985. The average molecular weight is 1720 g/mol. The second kappa shape index (κ2) is 42.7. The van der Waals surface area contributed by atoms with E-state index in [0.717, 1.165) is 0 Å². The van der Waals surface area contributed by atoms with Crippen LogP contribution in [0, 0.1) is 23.7 Å². The zero-order valence-corrected chi connectivity index (χ0v) is 64.1. The minimum absolute atomic E-state index is 0.548. The summed E-state index contributed by atoms with van der Waals surface area (Å²) in [7, 11) is 0. The highest BCUT2D eigenvalue weighted by molar-refractivity contribution is 5.76. The molecule has 0 amide bonds. The first-order valence-corrected chi connectivity index (χ1v) is 38.5. The lowest BCUT2D eigenvalue weighted by Gasteiger charge is -2.50. The minimum Gasteiger partial charge on any atom is -0.477 e. The molecule has 0 saturated carbocycles. The molecule has 0 aromatic rings. The molecule has 684 valence electrons. The van der Waals surface area contributed by atoms with Gasteiger partial charge in [0.1, 0.15) is 177 Å². The SMILES string of the molecule is CC1C(O)[C@H](OC2OC(CO)[C@H](O)[C@H](O[C@]3(C(=O)O)C[C@@H](O)[C@@H](N)C([C@H](O)[C@H](O)CO)O3)C2O)[C@H](CO)O[C@H]1O[C@@H]1C(O)[C@H](O)C(CO)O[C@@H]1OCC[C@@H](O)C(O[C@H]1O[C@H](CO)[C@@H](O)C(O)C1O[C@@H]1OC(CO)[C@@H](O[C@@H]2OC(CO)[C@H](O)C(O)[C@@H]2O)C(O)[C@@H]1C)[C@@H](O)[C@@H](O)O[C@@H]1C(CO)O[C@@H](O[C@@H]2C(CO)O[C@@H](C)[C@@H](C)C2O)[C@@H](C)C1O. The number of ether oxygens (including phenoxy) is 18. The van der Waals surface area contributed by atoms with Gasteiger partial charge in [0, 0.05) is 30.1 Å². The van der Waals surface area contributed by atoms with Crippen molar-refractivity contribution in [1.29, 1.82) is 0 Å². The summed E-state index contributed by atoms with van der Waals surface area (Å²) in [6.45, 7) is -2.74. The van der Waals surface area contributed by atoms with Gasteiger partial charge in [-0.2, -0.15) is 0 Å². The summed E-state index contributed by atoms with van der Waals surface area (Å²) >= 11 is 0. The van der Waals surface area contributed by atoms with Gasteiger partial charge in [-0.3, -0.25) is 0 Å². The van der Waals surface area contributed by atoms with E-state index in [4.69, 9.17) is 91.0 Å². The molecule has 31 N–H and O–H groups in total. The van der Waals surface area contributed by atoms with Crippen LogP contribution in [0.4, 0.5) is 0 Å². The summed E-state index contributed by atoms with van der Waals surface area (Å²) < 4.78 is 106. The fourth-order valence-corrected chi connectivity index (χ4v) is 15.6. The molecule has 50 atom stereocenters. The van der Waals surface area contributed by atoms with Crippen LogP contribution in [-0.2, 0) is 90.1 Å². The molecule has 0 aromatic heterocycles. The standard InChI is InChI=1S/C68H119NO48/c1-18-22(5)101-30(14-75)52(35(18)82)111-60-19(2)36(83)51(31(15-76)106-60)109-59(97)48(95)50(110-66-58(46(93)42(89)28(12-73)105-66)115-62-21(4)37(84)53(32(16-77)108-62)112-63-47(94)44(91)40(87)26(10-71)102-63)23(79)6-7-100-65-57(45(92)41(88)27(11-72)104-65)114-61-20(3)38(85)54(33(17-78)107-61)113-64-49(96)56(43(90)29(13-74)103-64)117-68(67(98)99)8-24(80)34(69)55(116-68)39(86)25(81)9-70/h18-66,70-97H,6-17,69H2,1-5H3,(H,98,99)/t18-,19+,20?,21+,22+,23-,24-,25-,26?,27?,28-,29?,30?,31?,32?,33+,34-,35?,36?,37?,38?,39-,40+,41-,42-,43+,44?,45?,46?,47+,48-,49?,50?,51-,52-,53-,54-,55?,56+,57-,58?,59+,60+,61+,62+,63+,64?,65+,66-,68+/m1/s1. The third-order valence-corrected chi connectivity index (χ3v) is 23.3. The number of carboxylic acid groups (broad SMARTS) is 1. The van der Waals surface area contributed by atoms with Gasteiger partial charge >= 0.3 is 5.97 Å². The number of carbonyl (C=O) groups is 1.